The summed E-state index contributed by atoms with van der Waals surface area (Å²) in [5.74, 6) is 0.748. The molecule has 198 valence electrons. The first kappa shape index (κ1) is 25.7. The molecule has 2 aromatic carbocycles. The summed E-state index contributed by atoms with van der Waals surface area (Å²) in [6.07, 6.45) is 3.78. The van der Waals surface area contributed by atoms with Gasteiger partial charge in [-0.15, -0.1) is 0 Å². The number of aromatic hydroxyl groups is 1. The molecule has 0 spiro atoms. The molecule has 0 radical (unpaired) electrons. The summed E-state index contributed by atoms with van der Waals surface area (Å²) in [6.45, 7) is 3.88. The van der Waals surface area contributed by atoms with Crippen LogP contribution in [0.2, 0.25) is 0 Å². The van der Waals surface area contributed by atoms with Gasteiger partial charge in [-0.1, -0.05) is 24.3 Å². The molecular weight excluding hydrogens is 480 g/mol. The average molecular weight is 515 g/mol. The Kier molecular flexibility index (Phi) is 7.86. The van der Waals surface area contributed by atoms with Gasteiger partial charge in [-0.2, -0.15) is 10.2 Å². The van der Waals surface area contributed by atoms with Crippen molar-refractivity contribution < 1.29 is 9.90 Å². The van der Waals surface area contributed by atoms with Gasteiger partial charge in [0.2, 0.25) is 5.95 Å². The van der Waals surface area contributed by atoms with E-state index in [1.165, 1.54) is 12.8 Å². The van der Waals surface area contributed by atoms with Crippen molar-refractivity contribution in [3.05, 3.63) is 48.2 Å². The van der Waals surface area contributed by atoms with Crippen LogP contribution < -0.4 is 20.9 Å². The van der Waals surface area contributed by atoms with E-state index < -0.39 is 0 Å². The van der Waals surface area contributed by atoms with Crippen LogP contribution in [0.15, 0.2) is 42.5 Å². The largest absolute Gasteiger partial charge is 0.508 e. The topological polar surface area (TPSA) is 129 Å². The Hall–Kier alpha value is -3.94. The summed E-state index contributed by atoms with van der Waals surface area (Å²) >= 11 is 0. The molecule has 0 saturated carbocycles. The van der Waals surface area contributed by atoms with E-state index in [0.717, 1.165) is 30.3 Å². The van der Waals surface area contributed by atoms with E-state index in [1.54, 1.807) is 18.2 Å². The van der Waals surface area contributed by atoms with Crippen LogP contribution in [0.3, 0.4) is 0 Å². The van der Waals surface area contributed by atoms with Crippen LogP contribution in [-0.2, 0) is 0 Å². The number of fused-ring (bicyclic) bond motifs is 1. The number of anilines is 3. The van der Waals surface area contributed by atoms with E-state index in [4.69, 9.17) is 10.2 Å². The Morgan fingerprint density at radius 1 is 1.24 bits per heavy atom. The number of hydrogen-bond acceptors (Lipinski definition) is 9. The molecule has 0 aliphatic carbocycles. The molecule has 2 aliphatic heterocycles. The molecule has 5 rings (SSSR count). The van der Waals surface area contributed by atoms with E-state index in [-0.39, 0.29) is 23.4 Å². The van der Waals surface area contributed by atoms with Gasteiger partial charge < -0.3 is 30.9 Å². The smallest absolute Gasteiger partial charge is 0.274 e. The lowest BCUT2D eigenvalue weighted by Gasteiger charge is -2.33. The summed E-state index contributed by atoms with van der Waals surface area (Å²) < 4.78 is 0. The minimum atomic E-state index is -0.383. The molecule has 10 nitrogen and oxygen atoms in total. The minimum absolute atomic E-state index is 0.0361. The molecule has 2 saturated heterocycles. The van der Waals surface area contributed by atoms with Crippen molar-refractivity contribution in [2.24, 2.45) is 0 Å². The van der Waals surface area contributed by atoms with E-state index in [0.29, 0.717) is 49.6 Å². The highest BCUT2D eigenvalue weighted by Gasteiger charge is 2.24. The fourth-order valence-corrected chi connectivity index (χ4v) is 5.35. The zero-order chi connectivity index (χ0) is 26.5. The normalized spacial score (nSPS) is 19.8. The van der Waals surface area contributed by atoms with Crippen molar-refractivity contribution in [1.82, 2.24) is 20.2 Å². The number of phenolic OH excluding ortho intramolecular Hbond substituents is 1. The first-order valence-corrected chi connectivity index (χ1v) is 13.2. The molecule has 4 N–H and O–H groups in total. The highest BCUT2D eigenvalue weighted by molar-refractivity contribution is 6.09. The third-order valence-corrected chi connectivity index (χ3v) is 7.39. The Morgan fingerprint density at radius 2 is 2.11 bits per heavy atom. The van der Waals surface area contributed by atoms with Gasteiger partial charge in [0.1, 0.15) is 17.3 Å². The minimum Gasteiger partial charge on any atom is -0.508 e. The second-order valence-corrected chi connectivity index (χ2v) is 10.1. The summed E-state index contributed by atoms with van der Waals surface area (Å²) in [4.78, 5) is 27.2. The third-order valence-electron chi connectivity index (χ3n) is 7.39. The maximum absolute atomic E-state index is 13.5. The van der Waals surface area contributed by atoms with E-state index in [2.05, 4.69) is 43.9 Å². The first-order chi connectivity index (χ1) is 18.5. The number of phenols is 1. The van der Waals surface area contributed by atoms with Crippen molar-refractivity contribution in [3.8, 4) is 11.8 Å². The van der Waals surface area contributed by atoms with Crippen molar-refractivity contribution in [3.63, 3.8) is 0 Å². The number of nitrogens with zero attached hydrogens (tertiary/aromatic N) is 5. The molecule has 2 atom stereocenters. The van der Waals surface area contributed by atoms with Gasteiger partial charge in [0.15, 0.2) is 0 Å². The lowest BCUT2D eigenvalue weighted by Crippen LogP contribution is -2.51. The number of rotatable bonds is 8. The second-order valence-electron chi connectivity index (χ2n) is 10.1. The SMILES string of the molecule is CN1CCCC1CCNc1nc(C(=O)Nc2cc(O)cc3ccccc23)cc(N2CCN[C@@H](CC#N)C2)n1. The Morgan fingerprint density at radius 3 is 2.92 bits per heavy atom. The fraction of sp³-hybridized carbons (Fsp3) is 0.429. The molecule has 1 unspecified atom stereocenters. The van der Waals surface area contributed by atoms with Gasteiger partial charge in [-0.25, -0.2) is 4.98 Å². The molecule has 38 heavy (non-hydrogen) atoms. The molecular formula is C28H34N8O2. The van der Waals surface area contributed by atoms with Crippen LogP contribution in [0.25, 0.3) is 10.8 Å². The van der Waals surface area contributed by atoms with Crippen LogP contribution in [0.4, 0.5) is 17.5 Å². The molecule has 0 bridgehead atoms. The number of piperazine rings is 1. The van der Waals surface area contributed by atoms with E-state index >= 15 is 0 Å². The number of nitrogens with one attached hydrogen (secondary N) is 3. The van der Waals surface area contributed by atoms with Crippen LogP contribution >= 0.6 is 0 Å². The highest BCUT2D eigenvalue weighted by atomic mass is 16.3. The standard InChI is InChI=1S/C28H34N8O2/c1-35-13-4-6-21(35)9-11-31-28-33-25(17-26(34-28)36-14-12-30-20(18-36)8-10-29)27(38)32-24-16-22(37)15-19-5-2-3-7-23(19)24/h2-3,5,7,15-17,20-21,30,37H,4,6,8-9,11-14,18H2,1H3,(H,32,38)(H,31,33,34)/t20-,21?/m0/s1. The molecule has 2 aliphatic rings. The summed E-state index contributed by atoms with van der Waals surface area (Å²) in [5.41, 5.74) is 0.749. The molecule has 1 aromatic heterocycles. The van der Waals surface area contributed by atoms with Gasteiger partial charge in [0.25, 0.3) is 5.91 Å². The van der Waals surface area contributed by atoms with Crippen LogP contribution in [0.1, 0.15) is 36.2 Å². The number of benzene rings is 2. The maximum atomic E-state index is 13.5. The lowest BCUT2D eigenvalue weighted by molar-refractivity contribution is 0.102. The van der Waals surface area contributed by atoms with Gasteiger partial charge in [-0.3, -0.25) is 4.79 Å². The second kappa shape index (κ2) is 11.6. The predicted octanol–water partition coefficient (Wildman–Crippen LogP) is 3.18. The number of nitriles is 1. The van der Waals surface area contributed by atoms with Crippen LogP contribution in [0, 0.1) is 11.3 Å². The number of hydrogen-bond donors (Lipinski definition) is 4. The monoisotopic (exact) mass is 514 g/mol. The maximum Gasteiger partial charge on any atom is 0.274 e. The van der Waals surface area contributed by atoms with E-state index in [1.807, 2.05) is 24.3 Å². The number of amides is 1. The molecule has 2 fully saturated rings. The Balaban J connectivity index is 1.40. The predicted molar refractivity (Wildman–Crippen MR) is 149 cm³/mol. The van der Waals surface area contributed by atoms with Crippen molar-refractivity contribution in [2.75, 3.05) is 55.3 Å². The van der Waals surface area contributed by atoms with Gasteiger partial charge >= 0.3 is 0 Å². The number of carbonyl (C=O) groups is 1. The van der Waals surface area contributed by atoms with Crippen molar-refractivity contribution >= 4 is 34.1 Å². The number of aromatic nitrogens is 2. The molecule has 3 aromatic rings. The quantitative estimate of drug-likeness (QED) is 0.358. The highest BCUT2D eigenvalue weighted by Crippen LogP contribution is 2.29. The zero-order valence-electron chi connectivity index (χ0n) is 21.7. The number of carbonyl (C=O) groups excluding carboxylic acids is 1. The zero-order valence-corrected chi connectivity index (χ0v) is 21.7. The summed E-state index contributed by atoms with van der Waals surface area (Å²) in [5, 5.41) is 30.7. The van der Waals surface area contributed by atoms with E-state index in [9.17, 15) is 9.90 Å². The molecule has 10 heteroatoms. The number of likely N-dealkylation sites (tertiary alicyclic amines) is 1. The van der Waals surface area contributed by atoms with Crippen molar-refractivity contribution in [2.45, 2.75) is 37.8 Å². The van der Waals surface area contributed by atoms with Gasteiger partial charge in [0, 0.05) is 55.8 Å². The van der Waals surface area contributed by atoms with Crippen molar-refractivity contribution in [1.29, 1.82) is 5.26 Å². The fourth-order valence-electron chi connectivity index (χ4n) is 5.35. The van der Waals surface area contributed by atoms with Crippen LogP contribution in [-0.4, -0.2) is 77.7 Å². The summed E-state index contributed by atoms with van der Waals surface area (Å²) in [7, 11) is 2.16. The average Bonchev–Trinajstić information content (AvgIpc) is 3.33. The van der Waals surface area contributed by atoms with Crippen LogP contribution in [0.5, 0.6) is 5.75 Å². The third kappa shape index (κ3) is 5.96. The Labute approximate surface area is 222 Å². The van der Waals surface area contributed by atoms with Gasteiger partial charge in [0.05, 0.1) is 18.2 Å². The molecule has 3 heterocycles. The summed E-state index contributed by atoms with van der Waals surface area (Å²) in [6, 6.07) is 15.3. The van der Waals surface area contributed by atoms with Gasteiger partial charge in [-0.05, 0) is 44.3 Å². The first-order valence-electron chi connectivity index (χ1n) is 13.2. The molecule has 1 amide bonds. The Bertz CT molecular complexity index is 1340. The lowest BCUT2D eigenvalue weighted by atomic mass is 10.1.